The second-order valence-corrected chi connectivity index (χ2v) is 7.47. The zero-order valence-electron chi connectivity index (χ0n) is 18.0. The monoisotopic (exact) mass is 508 g/mol. The number of hydrogen-bond donors (Lipinski definition) is 2. The first-order valence-electron chi connectivity index (χ1n) is 9.88. The van der Waals surface area contributed by atoms with Crippen LogP contribution < -0.4 is 10.6 Å². The lowest BCUT2D eigenvalue weighted by Crippen LogP contribution is -2.39. The van der Waals surface area contributed by atoms with Crippen molar-refractivity contribution in [3.8, 4) is 0 Å². The molecule has 2 N–H and O–H groups in total. The Hall–Kier alpha value is -1.39. The Bertz CT molecular complexity index is 583. The number of aryl methyl sites for hydroxylation is 1. The minimum Gasteiger partial charge on any atom is -0.460 e. The Morgan fingerprint density at radius 3 is 2.50 bits per heavy atom. The van der Waals surface area contributed by atoms with Crippen molar-refractivity contribution in [1.29, 1.82) is 0 Å². The van der Waals surface area contributed by atoms with Crippen LogP contribution in [0.3, 0.4) is 0 Å². The second-order valence-electron chi connectivity index (χ2n) is 7.47. The van der Waals surface area contributed by atoms with Gasteiger partial charge in [-0.3, -0.25) is 9.79 Å². The molecule has 0 aliphatic rings. The summed E-state index contributed by atoms with van der Waals surface area (Å²) in [4.78, 5) is 15.9. The van der Waals surface area contributed by atoms with E-state index in [0.717, 1.165) is 63.5 Å². The average molecular weight is 508 g/mol. The number of carbonyl (C=O) groups is 1. The molecule has 0 spiro atoms. The topological polar surface area (TPSA) is 93.4 Å². The molecule has 1 heterocycles. The molecule has 8 nitrogen and oxygen atoms in total. The molecule has 0 saturated heterocycles. The smallest absolute Gasteiger partial charge is 0.306 e. The number of halogens is 1. The standard InChI is InChI=1S/C19H36N6O2.HI/c1-6-16-24-23-15-25(16)14-13-22-18(20-5)21-12-10-8-7-9-11-17(26)27-19(2,3)4;/h15H,6-14H2,1-5H3,(H2,20,21,22);1H. The molecule has 0 aliphatic carbocycles. The molecule has 162 valence electrons. The average Bonchev–Trinajstić information content (AvgIpc) is 3.05. The van der Waals surface area contributed by atoms with E-state index in [-0.39, 0.29) is 29.9 Å². The summed E-state index contributed by atoms with van der Waals surface area (Å²) in [6, 6.07) is 0. The van der Waals surface area contributed by atoms with Gasteiger partial charge in [0, 0.05) is 39.5 Å². The van der Waals surface area contributed by atoms with Crippen LogP contribution in [0, 0.1) is 0 Å². The number of nitrogens with zero attached hydrogens (tertiary/aromatic N) is 4. The first-order valence-corrected chi connectivity index (χ1v) is 9.88. The van der Waals surface area contributed by atoms with Gasteiger partial charge in [-0.2, -0.15) is 0 Å². The van der Waals surface area contributed by atoms with Crippen molar-refractivity contribution in [2.45, 2.75) is 78.4 Å². The molecule has 9 heteroatoms. The van der Waals surface area contributed by atoms with Crippen molar-refractivity contribution in [1.82, 2.24) is 25.4 Å². The highest BCUT2D eigenvalue weighted by Crippen LogP contribution is 2.10. The van der Waals surface area contributed by atoms with Crippen molar-refractivity contribution in [3.05, 3.63) is 12.2 Å². The number of aliphatic imine (C=N–C) groups is 1. The second kappa shape index (κ2) is 14.6. The van der Waals surface area contributed by atoms with E-state index < -0.39 is 5.60 Å². The first kappa shape index (κ1) is 26.6. The lowest BCUT2D eigenvalue weighted by Gasteiger charge is -2.19. The van der Waals surface area contributed by atoms with Crippen LogP contribution in [-0.4, -0.2) is 52.4 Å². The van der Waals surface area contributed by atoms with E-state index in [1.165, 1.54) is 0 Å². The van der Waals surface area contributed by atoms with Crippen LogP contribution in [0.25, 0.3) is 0 Å². The van der Waals surface area contributed by atoms with E-state index in [9.17, 15) is 4.79 Å². The highest BCUT2D eigenvalue weighted by Gasteiger charge is 2.15. The molecular weight excluding hydrogens is 471 g/mol. The minimum atomic E-state index is -0.392. The number of carbonyl (C=O) groups excluding carboxylic acids is 1. The highest BCUT2D eigenvalue weighted by molar-refractivity contribution is 14.0. The van der Waals surface area contributed by atoms with Crippen LogP contribution >= 0.6 is 24.0 Å². The molecule has 0 amide bonds. The van der Waals surface area contributed by atoms with Crippen LogP contribution in [0.15, 0.2) is 11.3 Å². The fraction of sp³-hybridized carbons (Fsp3) is 0.789. The zero-order chi connectivity index (χ0) is 20.1. The fourth-order valence-electron chi connectivity index (χ4n) is 2.60. The van der Waals surface area contributed by atoms with Gasteiger partial charge in [-0.1, -0.05) is 19.8 Å². The quantitative estimate of drug-likeness (QED) is 0.157. The predicted octanol–water partition coefficient (Wildman–Crippen LogP) is 2.92. The van der Waals surface area contributed by atoms with E-state index in [0.29, 0.717) is 6.42 Å². The van der Waals surface area contributed by atoms with E-state index in [1.807, 2.05) is 25.3 Å². The molecular formula is C19H37IN6O2. The molecule has 0 saturated carbocycles. The maximum Gasteiger partial charge on any atom is 0.306 e. The van der Waals surface area contributed by atoms with Crippen LogP contribution in [-0.2, 0) is 22.5 Å². The number of ether oxygens (including phenoxy) is 1. The normalized spacial score (nSPS) is 11.7. The Morgan fingerprint density at radius 1 is 1.18 bits per heavy atom. The number of hydrogen-bond acceptors (Lipinski definition) is 5. The number of aromatic nitrogens is 3. The van der Waals surface area contributed by atoms with E-state index >= 15 is 0 Å². The van der Waals surface area contributed by atoms with Gasteiger partial charge in [0.2, 0.25) is 0 Å². The molecule has 0 unspecified atom stereocenters. The van der Waals surface area contributed by atoms with Crippen LogP contribution in [0.2, 0.25) is 0 Å². The Kier molecular flexibility index (Phi) is 13.9. The summed E-state index contributed by atoms with van der Waals surface area (Å²) in [6.45, 7) is 10.2. The molecule has 0 aromatic carbocycles. The van der Waals surface area contributed by atoms with Gasteiger partial charge < -0.3 is 19.9 Å². The lowest BCUT2D eigenvalue weighted by molar-refractivity contribution is -0.154. The Labute approximate surface area is 186 Å². The molecule has 1 aromatic heterocycles. The van der Waals surface area contributed by atoms with Gasteiger partial charge in [0.15, 0.2) is 5.96 Å². The van der Waals surface area contributed by atoms with Gasteiger partial charge in [0.05, 0.1) is 0 Å². The number of nitrogens with one attached hydrogen (secondary N) is 2. The van der Waals surface area contributed by atoms with Crippen molar-refractivity contribution >= 4 is 35.9 Å². The van der Waals surface area contributed by atoms with Gasteiger partial charge >= 0.3 is 5.97 Å². The molecule has 0 fully saturated rings. The van der Waals surface area contributed by atoms with Crippen LogP contribution in [0.4, 0.5) is 0 Å². The summed E-state index contributed by atoms with van der Waals surface area (Å²) >= 11 is 0. The summed E-state index contributed by atoms with van der Waals surface area (Å²) in [5, 5.41) is 14.6. The van der Waals surface area contributed by atoms with Crippen molar-refractivity contribution in [3.63, 3.8) is 0 Å². The number of rotatable bonds is 11. The van der Waals surface area contributed by atoms with Gasteiger partial charge in [-0.15, -0.1) is 34.2 Å². The summed E-state index contributed by atoms with van der Waals surface area (Å²) in [6.07, 6.45) is 7.15. The lowest BCUT2D eigenvalue weighted by atomic mass is 10.1. The largest absolute Gasteiger partial charge is 0.460 e. The van der Waals surface area contributed by atoms with Crippen molar-refractivity contribution < 1.29 is 9.53 Å². The molecule has 1 rings (SSSR count). The molecule has 0 atom stereocenters. The van der Waals surface area contributed by atoms with Gasteiger partial charge in [-0.25, -0.2) is 0 Å². The number of guanidine groups is 1. The molecule has 0 bridgehead atoms. The zero-order valence-corrected chi connectivity index (χ0v) is 20.3. The molecule has 1 aromatic rings. The van der Waals surface area contributed by atoms with E-state index in [2.05, 4.69) is 32.7 Å². The third-order valence-electron chi connectivity index (χ3n) is 3.90. The minimum absolute atomic E-state index is 0. The van der Waals surface area contributed by atoms with E-state index in [1.54, 1.807) is 13.4 Å². The third kappa shape index (κ3) is 12.1. The third-order valence-corrected chi connectivity index (χ3v) is 3.90. The van der Waals surface area contributed by atoms with Gasteiger partial charge in [0.25, 0.3) is 0 Å². The summed E-state index contributed by atoms with van der Waals surface area (Å²) in [5.74, 6) is 1.69. The SMILES string of the molecule is CCc1nncn1CCNC(=NC)NCCCCCCC(=O)OC(C)(C)C.I. The summed E-state index contributed by atoms with van der Waals surface area (Å²) in [7, 11) is 1.77. The van der Waals surface area contributed by atoms with E-state index in [4.69, 9.17) is 4.74 Å². The van der Waals surface area contributed by atoms with Crippen LogP contribution in [0.1, 0.15) is 65.6 Å². The Balaban J connectivity index is 0.00000729. The summed E-state index contributed by atoms with van der Waals surface area (Å²) < 4.78 is 7.35. The van der Waals surface area contributed by atoms with Gasteiger partial charge in [-0.05, 0) is 33.6 Å². The molecule has 0 radical (unpaired) electrons. The highest BCUT2D eigenvalue weighted by atomic mass is 127. The maximum absolute atomic E-state index is 11.6. The van der Waals surface area contributed by atoms with Crippen molar-refractivity contribution in [2.24, 2.45) is 4.99 Å². The molecule has 28 heavy (non-hydrogen) atoms. The maximum atomic E-state index is 11.6. The predicted molar refractivity (Wildman–Crippen MR) is 123 cm³/mol. The first-order chi connectivity index (χ1) is 12.9. The number of esters is 1. The van der Waals surface area contributed by atoms with Gasteiger partial charge in [0.1, 0.15) is 17.8 Å². The fourth-order valence-corrected chi connectivity index (χ4v) is 2.60. The molecule has 0 aliphatic heterocycles. The van der Waals surface area contributed by atoms with Crippen molar-refractivity contribution in [2.75, 3.05) is 20.1 Å². The Morgan fingerprint density at radius 2 is 1.86 bits per heavy atom. The summed E-state index contributed by atoms with van der Waals surface area (Å²) in [5.41, 5.74) is -0.392. The van der Waals surface area contributed by atoms with Crippen LogP contribution in [0.5, 0.6) is 0 Å². The number of unbranched alkanes of at least 4 members (excludes halogenated alkanes) is 3.